The van der Waals surface area contributed by atoms with Gasteiger partial charge in [-0.3, -0.25) is 10.9 Å². The van der Waals surface area contributed by atoms with Gasteiger partial charge in [0.25, 0.3) is 0 Å². The van der Waals surface area contributed by atoms with Crippen LogP contribution < -0.4 is 16.2 Å². The van der Waals surface area contributed by atoms with Crippen LogP contribution in [-0.2, 0) is 0 Å². The van der Waals surface area contributed by atoms with E-state index in [2.05, 4.69) is 48.2 Å². The summed E-state index contributed by atoms with van der Waals surface area (Å²) < 4.78 is 0. The summed E-state index contributed by atoms with van der Waals surface area (Å²) in [6.07, 6.45) is 0. The lowest BCUT2D eigenvalue weighted by Gasteiger charge is -2.19. The molecule has 2 atom stereocenters. The summed E-state index contributed by atoms with van der Waals surface area (Å²) in [6.45, 7) is 5.22. The third kappa shape index (κ3) is 3.21. The van der Waals surface area contributed by atoms with Gasteiger partial charge >= 0.3 is 0 Å². The van der Waals surface area contributed by atoms with Crippen LogP contribution >= 0.6 is 0 Å². The number of para-hydroxylation sites is 1. The first-order valence-electron chi connectivity index (χ1n) is 8.79. The number of nitrogens with one attached hydrogen (secondary N) is 3. The molecule has 25 heavy (non-hydrogen) atoms. The highest BCUT2D eigenvalue weighted by Crippen LogP contribution is 2.27. The van der Waals surface area contributed by atoms with E-state index in [1.807, 2.05) is 36.4 Å². The number of anilines is 1. The number of hydrazine groups is 1. The standard InChI is InChI=1S/C20H23N5/c1-13-17(14(2)25-24-13)12-21-20-22-18-11-7-6-10-16(18)19(23-20)15-8-4-3-5-9-15/h3-11,13-14,17,24-25H,12H2,1-2H3,(H,21,22,23). The Balaban J connectivity index is 1.68. The molecule has 0 radical (unpaired) electrons. The fraction of sp³-hybridized carbons (Fsp3) is 0.300. The zero-order valence-electron chi connectivity index (χ0n) is 14.5. The quantitative estimate of drug-likeness (QED) is 0.684. The van der Waals surface area contributed by atoms with Gasteiger partial charge in [0.05, 0.1) is 11.2 Å². The smallest absolute Gasteiger partial charge is 0.223 e. The Morgan fingerprint density at radius 1 is 0.880 bits per heavy atom. The third-order valence-electron chi connectivity index (χ3n) is 4.97. The molecule has 0 bridgehead atoms. The summed E-state index contributed by atoms with van der Waals surface area (Å²) in [5.74, 6) is 1.17. The average Bonchev–Trinajstić information content (AvgIpc) is 2.98. The van der Waals surface area contributed by atoms with Crippen molar-refractivity contribution in [2.45, 2.75) is 25.9 Å². The van der Waals surface area contributed by atoms with Crippen LogP contribution in [0, 0.1) is 5.92 Å². The largest absolute Gasteiger partial charge is 0.354 e. The lowest BCUT2D eigenvalue weighted by atomic mass is 9.97. The maximum Gasteiger partial charge on any atom is 0.223 e. The van der Waals surface area contributed by atoms with Crippen LogP contribution in [0.4, 0.5) is 5.95 Å². The molecule has 2 unspecified atom stereocenters. The number of hydrogen-bond donors (Lipinski definition) is 3. The van der Waals surface area contributed by atoms with E-state index in [0.29, 0.717) is 23.9 Å². The van der Waals surface area contributed by atoms with Crippen LogP contribution in [0.1, 0.15) is 13.8 Å². The topological polar surface area (TPSA) is 61.9 Å². The predicted molar refractivity (Wildman–Crippen MR) is 102 cm³/mol. The molecular formula is C20H23N5. The molecule has 3 aromatic rings. The first-order chi connectivity index (χ1) is 12.2. The van der Waals surface area contributed by atoms with Crippen molar-refractivity contribution in [1.82, 2.24) is 20.8 Å². The van der Waals surface area contributed by atoms with Crippen LogP contribution in [-0.4, -0.2) is 28.6 Å². The van der Waals surface area contributed by atoms with Gasteiger partial charge in [-0.1, -0.05) is 48.5 Å². The highest BCUT2D eigenvalue weighted by molar-refractivity contribution is 5.93. The molecule has 1 fully saturated rings. The predicted octanol–water partition coefficient (Wildman–Crippen LogP) is 3.21. The minimum Gasteiger partial charge on any atom is -0.354 e. The molecular weight excluding hydrogens is 310 g/mol. The molecule has 1 aromatic heterocycles. The van der Waals surface area contributed by atoms with Gasteiger partial charge in [0, 0.05) is 35.5 Å². The fourth-order valence-corrected chi connectivity index (χ4v) is 3.44. The van der Waals surface area contributed by atoms with E-state index in [-0.39, 0.29) is 0 Å². The number of fused-ring (bicyclic) bond motifs is 1. The summed E-state index contributed by atoms with van der Waals surface area (Å²) in [7, 11) is 0. The van der Waals surface area contributed by atoms with Crippen LogP contribution in [0.5, 0.6) is 0 Å². The lowest BCUT2D eigenvalue weighted by Crippen LogP contribution is -2.30. The van der Waals surface area contributed by atoms with Gasteiger partial charge in [-0.2, -0.15) is 0 Å². The second kappa shape index (κ2) is 6.78. The molecule has 1 aliphatic rings. The Morgan fingerprint density at radius 2 is 1.56 bits per heavy atom. The van der Waals surface area contributed by atoms with E-state index in [0.717, 1.165) is 28.7 Å². The highest BCUT2D eigenvalue weighted by atomic mass is 15.4. The van der Waals surface area contributed by atoms with Crippen molar-refractivity contribution in [3.8, 4) is 11.3 Å². The molecule has 4 rings (SSSR count). The van der Waals surface area contributed by atoms with Crippen molar-refractivity contribution in [3.63, 3.8) is 0 Å². The van der Waals surface area contributed by atoms with Crippen molar-refractivity contribution in [3.05, 3.63) is 54.6 Å². The van der Waals surface area contributed by atoms with E-state index in [1.54, 1.807) is 0 Å². The molecule has 3 N–H and O–H groups in total. The van der Waals surface area contributed by atoms with Gasteiger partial charge in [-0.15, -0.1) is 0 Å². The highest BCUT2D eigenvalue weighted by Gasteiger charge is 2.29. The van der Waals surface area contributed by atoms with Crippen molar-refractivity contribution >= 4 is 16.9 Å². The maximum atomic E-state index is 4.82. The molecule has 0 amide bonds. The molecule has 1 aliphatic heterocycles. The number of nitrogens with zero attached hydrogens (tertiary/aromatic N) is 2. The van der Waals surface area contributed by atoms with Crippen molar-refractivity contribution in [2.75, 3.05) is 11.9 Å². The van der Waals surface area contributed by atoms with Crippen molar-refractivity contribution < 1.29 is 0 Å². The minimum atomic E-state index is 0.413. The number of benzene rings is 2. The number of rotatable bonds is 4. The molecule has 5 nitrogen and oxygen atoms in total. The van der Waals surface area contributed by atoms with Crippen LogP contribution in [0.3, 0.4) is 0 Å². The van der Waals surface area contributed by atoms with Gasteiger partial charge < -0.3 is 5.32 Å². The van der Waals surface area contributed by atoms with Crippen LogP contribution in [0.2, 0.25) is 0 Å². The fourth-order valence-electron chi connectivity index (χ4n) is 3.44. The Kier molecular flexibility index (Phi) is 4.34. The molecule has 1 saturated heterocycles. The SMILES string of the molecule is CC1NNC(C)C1CNc1nc(-c2ccccc2)c2ccccc2n1. The second-order valence-corrected chi connectivity index (χ2v) is 6.69. The van der Waals surface area contributed by atoms with Gasteiger partial charge in [-0.25, -0.2) is 9.97 Å². The van der Waals surface area contributed by atoms with Gasteiger partial charge in [0.1, 0.15) is 0 Å². The number of aromatic nitrogens is 2. The minimum absolute atomic E-state index is 0.413. The van der Waals surface area contributed by atoms with Gasteiger partial charge in [0.15, 0.2) is 0 Å². The first kappa shape index (κ1) is 16.0. The first-order valence-corrected chi connectivity index (χ1v) is 8.79. The molecule has 0 spiro atoms. The summed E-state index contributed by atoms with van der Waals surface area (Å²) >= 11 is 0. The van der Waals surface area contributed by atoms with Crippen LogP contribution in [0.25, 0.3) is 22.2 Å². The van der Waals surface area contributed by atoms with Crippen molar-refractivity contribution in [1.29, 1.82) is 0 Å². The summed E-state index contributed by atoms with van der Waals surface area (Å²) in [4.78, 5) is 9.53. The summed E-state index contributed by atoms with van der Waals surface area (Å²) in [5, 5.41) is 4.52. The molecule has 2 heterocycles. The normalized spacial score (nSPS) is 23.0. The van der Waals surface area contributed by atoms with Gasteiger partial charge in [-0.05, 0) is 19.9 Å². The Labute approximate surface area is 147 Å². The van der Waals surface area contributed by atoms with E-state index in [4.69, 9.17) is 9.97 Å². The van der Waals surface area contributed by atoms with E-state index in [1.165, 1.54) is 0 Å². The Bertz CT molecular complexity index is 854. The molecule has 128 valence electrons. The van der Waals surface area contributed by atoms with Gasteiger partial charge in [0.2, 0.25) is 5.95 Å². The van der Waals surface area contributed by atoms with Crippen molar-refractivity contribution in [2.24, 2.45) is 5.92 Å². The lowest BCUT2D eigenvalue weighted by molar-refractivity contribution is 0.466. The zero-order chi connectivity index (χ0) is 17.2. The molecule has 0 saturated carbocycles. The molecule has 0 aliphatic carbocycles. The summed E-state index contributed by atoms with van der Waals surface area (Å²) in [5.41, 5.74) is 9.62. The monoisotopic (exact) mass is 333 g/mol. The maximum absolute atomic E-state index is 4.82. The van der Waals surface area contributed by atoms with Crippen LogP contribution in [0.15, 0.2) is 54.6 Å². The Hall–Kier alpha value is -2.50. The average molecular weight is 333 g/mol. The summed E-state index contributed by atoms with van der Waals surface area (Å²) in [6, 6.07) is 19.3. The third-order valence-corrected chi connectivity index (χ3v) is 4.97. The zero-order valence-corrected chi connectivity index (χ0v) is 14.5. The van der Waals surface area contributed by atoms with E-state index in [9.17, 15) is 0 Å². The molecule has 2 aromatic carbocycles. The number of hydrogen-bond acceptors (Lipinski definition) is 5. The second-order valence-electron chi connectivity index (χ2n) is 6.69. The van der Waals surface area contributed by atoms with E-state index >= 15 is 0 Å². The van der Waals surface area contributed by atoms with E-state index < -0.39 is 0 Å². The Morgan fingerprint density at radius 3 is 2.32 bits per heavy atom. The molecule has 5 heteroatoms.